The highest BCUT2D eigenvalue weighted by Gasteiger charge is 2.28. The van der Waals surface area contributed by atoms with Gasteiger partial charge in [0.15, 0.2) is 5.13 Å². The molecule has 0 saturated carbocycles. The molecule has 0 bridgehead atoms. The normalized spacial score (nSPS) is 12.5. The van der Waals surface area contributed by atoms with Crippen molar-refractivity contribution in [2.75, 3.05) is 5.32 Å². The van der Waals surface area contributed by atoms with Crippen molar-refractivity contribution in [3.63, 3.8) is 0 Å². The van der Waals surface area contributed by atoms with Crippen LogP contribution in [0.15, 0.2) is 78.6 Å². The molecule has 32 heavy (non-hydrogen) atoms. The van der Waals surface area contributed by atoms with Crippen LogP contribution in [-0.4, -0.2) is 20.4 Å². The number of rotatable bonds is 8. The van der Waals surface area contributed by atoms with Gasteiger partial charge in [-0.2, -0.15) is 0 Å². The Morgan fingerprint density at radius 1 is 1.12 bits per heavy atom. The molecular weight excluding hydrogens is 420 g/mol. The zero-order chi connectivity index (χ0) is 22.6. The van der Waals surface area contributed by atoms with E-state index in [4.69, 9.17) is 4.74 Å². The predicted octanol–water partition coefficient (Wildman–Crippen LogP) is 5.65. The van der Waals surface area contributed by atoms with Crippen molar-refractivity contribution >= 4 is 22.4 Å². The van der Waals surface area contributed by atoms with E-state index in [2.05, 4.69) is 27.4 Å². The number of nitrogens with zero attached hydrogens (tertiary/aromatic N) is 3. The highest BCUT2D eigenvalue weighted by molar-refractivity contribution is 7.14. The molecule has 0 aliphatic heterocycles. The maximum atomic E-state index is 12.9. The first-order valence-corrected chi connectivity index (χ1v) is 11.3. The Hall–Kier alpha value is -3.29. The Morgan fingerprint density at radius 2 is 1.88 bits per heavy atom. The Kier molecular flexibility index (Phi) is 6.48. The summed E-state index contributed by atoms with van der Waals surface area (Å²) in [6.45, 7) is 6.61. The molecule has 4 rings (SSSR count). The molecule has 7 heteroatoms. The van der Waals surface area contributed by atoms with Gasteiger partial charge in [0.05, 0.1) is 11.8 Å². The van der Waals surface area contributed by atoms with Crippen molar-refractivity contribution in [3.05, 3.63) is 101 Å². The van der Waals surface area contributed by atoms with Crippen LogP contribution < -0.4 is 5.32 Å². The van der Waals surface area contributed by atoms with E-state index in [9.17, 15) is 4.79 Å². The van der Waals surface area contributed by atoms with Gasteiger partial charge in [-0.25, -0.2) is 4.98 Å². The molecule has 0 saturated heterocycles. The highest BCUT2D eigenvalue weighted by atomic mass is 32.1. The number of anilines is 1. The molecule has 0 radical (unpaired) electrons. The van der Waals surface area contributed by atoms with E-state index >= 15 is 0 Å². The summed E-state index contributed by atoms with van der Waals surface area (Å²) in [5.41, 5.74) is 2.95. The smallest absolute Gasteiger partial charge is 0.274 e. The van der Waals surface area contributed by atoms with Gasteiger partial charge in [0.2, 0.25) is 0 Å². The van der Waals surface area contributed by atoms with Crippen LogP contribution in [0.4, 0.5) is 5.13 Å². The number of carbonyl (C=O) groups is 1. The molecule has 1 amide bonds. The SMILES string of the molecule is C[C@H](OC(C)(C)c1csc(NC(=O)c2cccn2Cc2ccncc2)n1)c1ccccc1. The molecule has 0 unspecified atom stereocenters. The first kappa shape index (κ1) is 21.9. The van der Waals surface area contributed by atoms with Gasteiger partial charge in [-0.3, -0.25) is 15.1 Å². The van der Waals surface area contributed by atoms with Crippen molar-refractivity contribution in [2.45, 2.75) is 39.0 Å². The molecule has 1 atom stereocenters. The first-order valence-electron chi connectivity index (χ1n) is 10.5. The zero-order valence-electron chi connectivity index (χ0n) is 18.4. The lowest BCUT2D eigenvalue weighted by molar-refractivity contribution is -0.0724. The summed E-state index contributed by atoms with van der Waals surface area (Å²) in [4.78, 5) is 21.6. The largest absolute Gasteiger partial charge is 0.362 e. The number of aromatic nitrogens is 3. The Balaban J connectivity index is 1.43. The summed E-state index contributed by atoms with van der Waals surface area (Å²) < 4.78 is 8.22. The number of hydrogen-bond donors (Lipinski definition) is 1. The van der Waals surface area contributed by atoms with Gasteiger partial charge in [0.25, 0.3) is 5.91 Å². The molecule has 4 aromatic rings. The van der Waals surface area contributed by atoms with Gasteiger partial charge in [-0.15, -0.1) is 11.3 Å². The van der Waals surface area contributed by atoms with Crippen molar-refractivity contribution in [2.24, 2.45) is 0 Å². The Morgan fingerprint density at radius 3 is 2.62 bits per heavy atom. The lowest BCUT2D eigenvalue weighted by atomic mass is 10.0. The van der Waals surface area contributed by atoms with Crippen LogP contribution in [0.1, 0.15) is 54.2 Å². The van der Waals surface area contributed by atoms with Crippen LogP contribution >= 0.6 is 11.3 Å². The van der Waals surface area contributed by atoms with Gasteiger partial charge in [-0.1, -0.05) is 30.3 Å². The summed E-state index contributed by atoms with van der Waals surface area (Å²) >= 11 is 1.39. The minimum Gasteiger partial charge on any atom is -0.362 e. The van der Waals surface area contributed by atoms with Gasteiger partial charge in [0.1, 0.15) is 11.3 Å². The third-order valence-corrected chi connectivity index (χ3v) is 6.00. The van der Waals surface area contributed by atoms with E-state index in [-0.39, 0.29) is 12.0 Å². The van der Waals surface area contributed by atoms with Gasteiger partial charge in [0, 0.05) is 30.5 Å². The molecule has 0 spiro atoms. The molecule has 3 heterocycles. The van der Waals surface area contributed by atoms with Crippen LogP contribution in [0, 0.1) is 0 Å². The Bertz CT molecular complexity index is 1170. The van der Waals surface area contributed by atoms with E-state index < -0.39 is 5.60 Å². The molecule has 6 nitrogen and oxygen atoms in total. The third kappa shape index (κ3) is 5.12. The second kappa shape index (κ2) is 9.46. The summed E-state index contributed by atoms with van der Waals surface area (Å²) in [5, 5.41) is 5.41. The standard InChI is InChI=1S/C25H26N4O2S/c1-18(20-8-5-4-6-9-20)31-25(2,3)22-17-32-24(27-22)28-23(30)21-10-7-15-29(21)16-19-11-13-26-14-12-19/h4-15,17-18H,16H2,1-3H3,(H,27,28,30)/t18-/m0/s1. The second-order valence-electron chi connectivity index (χ2n) is 8.05. The predicted molar refractivity (Wildman–Crippen MR) is 127 cm³/mol. The minimum absolute atomic E-state index is 0.0811. The van der Waals surface area contributed by atoms with E-state index in [1.54, 1.807) is 18.5 Å². The maximum Gasteiger partial charge on any atom is 0.274 e. The third-order valence-electron chi connectivity index (χ3n) is 5.25. The molecule has 1 aromatic carbocycles. The van der Waals surface area contributed by atoms with Crippen LogP contribution in [0.5, 0.6) is 0 Å². The van der Waals surface area contributed by atoms with Crippen LogP contribution in [0.2, 0.25) is 0 Å². The molecule has 3 aromatic heterocycles. The van der Waals surface area contributed by atoms with Crippen LogP contribution in [0.25, 0.3) is 0 Å². The average Bonchev–Trinajstić information content (AvgIpc) is 3.45. The van der Waals surface area contributed by atoms with E-state index in [0.717, 1.165) is 16.8 Å². The van der Waals surface area contributed by atoms with Gasteiger partial charge >= 0.3 is 0 Å². The van der Waals surface area contributed by atoms with E-state index in [1.807, 2.05) is 73.3 Å². The van der Waals surface area contributed by atoms with Crippen LogP contribution in [0.3, 0.4) is 0 Å². The fraction of sp³-hybridized carbons (Fsp3) is 0.240. The number of carbonyl (C=O) groups excluding carboxylic acids is 1. The fourth-order valence-electron chi connectivity index (χ4n) is 3.51. The number of pyridine rings is 1. The zero-order valence-corrected chi connectivity index (χ0v) is 19.2. The number of benzene rings is 1. The molecule has 164 valence electrons. The molecule has 1 N–H and O–H groups in total. The van der Waals surface area contributed by atoms with Gasteiger partial charge < -0.3 is 9.30 Å². The van der Waals surface area contributed by atoms with Crippen molar-refractivity contribution in [1.82, 2.24) is 14.5 Å². The monoisotopic (exact) mass is 446 g/mol. The molecular formula is C25H26N4O2S. The average molecular weight is 447 g/mol. The summed E-state index contributed by atoms with van der Waals surface area (Å²) in [5.74, 6) is -0.193. The van der Waals surface area contributed by atoms with Crippen molar-refractivity contribution < 1.29 is 9.53 Å². The lowest BCUT2D eigenvalue weighted by Gasteiger charge is -2.28. The maximum absolute atomic E-state index is 12.9. The summed E-state index contributed by atoms with van der Waals surface area (Å²) in [6.07, 6.45) is 5.31. The summed E-state index contributed by atoms with van der Waals surface area (Å²) in [6, 6.07) is 17.6. The topological polar surface area (TPSA) is 69.0 Å². The van der Waals surface area contributed by atoms with Crippen LogP contribution in [-0.2, 0) is 16.9 Å². The van der Waals surface area contributed by atoms with E-state index in [1.165, 1.54) is 11.3 Å². The lowest BCUT2D eigenvalue weighted by Crippen LogP contribution is -2.24. The molecule has 0 aliphatic carbocycles. The Labute approximate surface area is 191 Å². The summed E-state index contributed by atoms with van der Waals surface area (Å²) in [7, 11) is 0. The van der Waals surface area contributed by atoms with Gasteiger partial charge in [-0.05, 0) is 56.2 Å². The number of ether oxygens (including phenoxy) is 1. The number of nitrogens with one attached hydrogen (secondary N) is 1. The quantitative estimate of drug-likeness (QED) is 0.380. The number of hydrogen-bond acceptors (Lipinski definition) is 5. The first-order chi connectivity index (χ1) is 15.4. The van der Waals surface area contributed by atoms with Crippen molar-refractivity contribution in [3.8, 4) is 0 Å². The number of amides is 1. The molecule has 0 fully saturated rings. The highest BCUT2D eigenvalue weighted by Crippen LogP contribution is 2.33. The number of thiazole rings is 1. The fourth-order valence-corrected chi connectivity index (χ4v) is 4.37. The molecule has 0 aliphatic rings. The second-order valence-corrected chi connectivity index (χ2v) is 8.91. The van der Waals surface area contributed by atoms with E-state index in [0.29, 0.717) is 17.4 Å². The van der Waals surface area contributed by atoms with Crippen molar-refractivity contribution in [1.29, 1.82) is 0 Å². The minimum atomic E-state index is -0.601.